The minimum absolute atomic E-state index is 0.222. The predicted octanol–water partition coefficient (Wildman–Crippen LogP) is 2.63. The van der Waals surface area contributed by atoms with Gasteiger partial charge >= 0.3 is 5.97 Å². The van der Waals surface area contributed by atoms with Gasteiger partial charge in [0.25, 0.3) is 5.56 Å². The average molecular weight is 285 g/mol. The second-order valence-corrected chi connectivity index (χ2v) is 4.91. The fourth-order valence-corrected chi connectivity index (χ4v) is 2.37. The lowest BCUT2D eigenvalue weighted by Gasteiger charge is -2.12. The largest absolute Gasteiger partial charge is 0.469 e. The lowest BCUT2D eigenvalue weighted by molar-refractivity contribution is -0.142. The highest BCUT2D eigenvalue weighted by atomic mass is 16.5. The molecular weight excluding hydrogens is 266 g/mol. The van der Waals surface area contributed by atoms with Crippen molar-refractivity contribution in [3.05, 3.63) is 69.6 Å². The monoisotopic (exact) mass is 285 g/mol. The lowest BCUT2D eigenvalue weighted by Crippen LogP contribution is -2.23. The van der Waals surface area contributed by atoms with Crippen LogP contribution in [-0.2, 0) is 16.0 Å². The number of methoxy groups -OCH3 is 1. The fraction of sp³-hybridized carbons (Fsp3) is 0.294. The Hall–Kier alpha value is -2.36. The van der Waals surface area contributed by atoms with Gasteiger partial charge in [-0.05, 0) is 18.1 Å². The summed E-state index contributed by atoms with van der Waals surface area (Å²) < 4.78 is 4.75. The second-order valence-electron chi connectivity index (χ2n) is 4.91. The van der Waals surface area contributed by atoms with E-state index in [1.54, 1.807) is 6.07 Å². The summed E-state index contributed by atoms with van der Waals surface area (Å²) in [6.07, 6.45) is 1.19. The van der Waals surface area contributed by atoms with Crippen LogP contribution in [0.1, 0.15) is 36.1 Å². The highest BCUT2D eigenvalue weighted by Crippen LogP contribution is 2.18. The van der Waals surface area contributed by atoms with E-state index in [9.17, 15) is 9.59 Å². The smallest absolute Gasteiger partial charge is 0.313 e. The van der Waals surface area contributed by atoms with E-state index in [1.807, 2.05) is 43.3 Å². The van der Waals surface area contributed by atoms with E-state index in [-0.39, 0.29) is 11.5 Å². The van der Waals surface area contributed by atoms with Crippen molar-refractivity contribution in [1.29, 1.82) is 0 Å². The molecule has 1 aromatic carbocycles. The number of nitrogens with one attached hydrogen (secondary N) is 1. The zero-order valence-corrected chi connectivity index (χ0v) is 12.3. The normalized spacial score (nSPS) is 11.9. The SMILES string of the molecule is CCC(C(=O)OC)c1ccc(Cc2ccccc2)[nH]c1=O. The molecule has 1 unspecified atom stereocenters. The number of ether oxygens (including phenoxy) is 1. The Balaban J connectivity index is 2.25. The molecule has 2 rings (SSSR count). The summed E-state index contributed by atoms with van der Waals surface area (Å²) in [4.78, 5) is 26.7. The molecule has 1 N–H and O–H groups in total. The molecule has 0 fully saturated rings. The summed E-state index contributed by atoms with van der Waals surface area (Å²) in [7, 11) is 1.34. The fourth-order valence-electron chi connectivity index (χ4n) is 2.37. The lowest BCUT2D eigenvalue weighted by atomic mass is 9.97. The topological polar surface area (TPSA) is 59.2 Å². The summed E-state index contributed by atoms with van der Waals surface area (Å²) >= 11 is 0. The number of hydrogen-bond acceptors (Lipinski definition) is 3. The van der Waals surface area contributed by atoms with Gasteiger partial charge in [-0.2, -0.15) is 0 Å². The number of aromatic nitrogens is 1. The van der Waals surface area contributed by atoms with Gasteiger partial charge in [0.15, 0.2) is 0 Å². The van der Waals surface area contributed by atoms with Gasteiger partial charge in [0.1, 0.15) is 0 Å². The van der Waals surface area contributed by atoms with Crippen molar-refractivity contribution in [3.8, 4) is 0 Å². The van der Waals surface area contributed by atoms with Crippen molar-refractivity contribution in [2.24, 2.45) is 0 Å². The molecule has 4 heteroatoms. The maximum absolute atomic E-state index is 12.2. The molecular formula is C17H19NO3. The molecule has 0 saturated heterocycles. The van der Waals surface area contributed by atoms with Crippen LogP contribution in [0.3, 0.4) is 0 Å². The zero-order chi connectivity index (χ0) is 15.2. The van der Waals surface area contributed by atoms with E-state index in [2.05, 4.69) is 4.98 Å². The van der Waals surface area contributed by atoms with Crippen molar-refractivity contribution >= 4 is 5.97 Å². The Bertz CT molecular complexity index is 661. The number of pyridine rings is 1. The van der Waals surface area contributed by atoms with Crippen LogP contribution < -0.4 is 5.56 Å². The van der Waals surface area contributed by atoms with Crippen LogP contribution in [-0.4, -0.2) is 18.1 Å². The third-order valence-electron chi connectivity index (χ3n) is 3.51. The van der Waals surface area contributed by atoms with Crippen LogP contribution in [0.5, 0.6) is 0 Å². The first kappa shape index (κ1) is 15.0. The molecule has 0 spiro atoms. The average Bonchev–Trinajstić information content (AvgIpc) is 2.50. The number of carbonyl (C=O) groups excluding carboxylic acids is 1. The molecule has 0 aliphatic carbocycles. The molecule has 4 nitrogen and oxygen atoms in total. The Morgan fingerprint density at radius 1 is 1.19 bits per heavy atom. The maximum atomic E-state index is 12.2. The highest BCUT2D eigenvalue weighted by Gasteiger charge is 2.22. The number of carbonyl (C=O) groups is 1. The molecule has 0 bridgehead atoms. The Morgan fingerprint density at radius 2 is 1.90 bits per heavy atom. The molecule has 0 radical (unpaired) electrons. The van der Waals surface area contributed by atoms with Gasteiger partial charge in [0.2, 0.25) is 0 Å². The summed E-state index contributed by atoms with van der Waals surface area (Å²) in [6.45, 7) is 1.86. The van der Waals surface area contributed by atoms with Crippen LogP contribution in [0, 0.1) is 0 Å². The number of esters is 1. The summed E-state index contributed by atoms with van der Waals surface area (Å²) in [5.41, 5.74) is 2.19. The minimum Gasteiger partial charge on any atom is -0.469 e. The quantitative estimate of drug-likeness (QED) is 0.859. The maximum Gasteiger partial charge on any atom is 0.313 e. The molecule has 0 aliphatic rings. The Kier molecular flexibility index (Phi) is 4.93. The molecule has 110 valence electrons. The summed E-state index contributed by atoms with van der Waals surface area (Å²) in [5, 5.41) is 0. The Morgan fingerprint density at radius 3 is 2.48 bits per heavy atom. The van der Waals surface area contributed by atoms with E-state index in [0.29, 0.717) is 18.4 Å². The van der Waals surface area contributed by atoms with E-state index in [0.717, 1.165) is 11.3 Å². The number of aromatic amines is 1. The predicted molar refractivity (Wildman–Crippen MR) is 81.4 cm³/mol. The van der Waals surface area contributed by atoms with Gasteiger partial charge in [-0.1, -0.05) is 43.3 Å². The summed E-state index contributed by atoms with van der Waals surface area (Å²) in [6, 6.07) is 13.5. The van der Waals surface area contributed by atoms with Gasteiger partial charge in [0, 0.05) is 17.7 Å². The minimum atomic E-state index is -0.510. The van der Waals surface area contributed by atoms with Crippen molar-refractivity contribution < 1.29 is 9.53 Å². The first-order valence-electron chi connectivity index (χ1n) is 6.99. The number of hydrogen-bond donors (Lipinski definition) is 1. The molecule has 0 amide bonds. The van der Waals surface area contributed by atoms with Crippen LogP contribution in [0.15, 0.2) is 47.3 Å². The first-order chi connectivity index (χ1) is 10.2. The molecule has 1 heterocycles. The molecule has 2 aromatic rings. The Labute approximate surface area is 123 Å². The van der Waals surface area contributed by atoms with Crippen LogP contribution in [0.4, 0.5) is 0 Å². The van der Waals surface area contributed by atoms with Gasteiger partial charge in [-0.25, -0.2) is 0 Å². The van der Waals surface area contributed by atoms with Gasteiger partial charge in [0.05, 0.1) is 13.0 Å². The highest BCUT2D eigenvalue weighted by molar-refractivity contribution is 5.77. The third-order valence-corrected chi connectivity index (χ3v) is 3.51. The molecule has 1 atom stereocenters. The van der Waals surface area contributed by atoms with Gasteiger partial charge < -0.3 is 9.72 Å². The van der Waals surface area contributed by atoms with E-state index < -0.39 is 5.92 Å². The van der Waals surface area contributed by atoms with E-state index >= 15 is 0 Å². The van der Waals surface area contributed by atoms with Crippen LogP contribution in [0.25, 0.3) is 0 Å². The third kappa shape index (κ3) is 3.60. The van der Waals surface area contributed by atoms with Crippen molar-refractivity contribution in [3.63, 3.8) is 0 Å². The van der Waals surface area contributed by atoms with Crippen molar-refractivity contribution in [2.75, 3.05) is 7.11 Å². The standard InChI is InChI=1S/C17H19NO3/c1-3-14(17(20)21-2)15-10-9-13(18-16(15)19)11-12-7-5-4-6-8-12/h4-10,14H,3,11H2,1-2H3,(H,18,19). The van der Waals surface area contributed by atoms with Crippen LogP contribution in [0.2, 0.25) is 0 Å². The second kappa shape index (κ2) is 6.88. The van der Waals surface area contributed by atoms with E-state index in [4.69, 9.17) is 4.74 Å². The molecule has 21 heavy (non-hydrogen) atoms. The number of rotatable bonds is 5. The number of H-pyrrole nitrogens is 1. The van der Waals surface area contributed by atoms with E-state index in [1.165, 1.54) is 7.11 Å². The molecule has 0 saturated carbocycles. The van der Waals surface area contributed by atoms with Gasteiger partial charge in [-0.15, -0.1) is 0 Å². The van der Waals surface area contributed by atoms with Crippen molar-refractivity contribution in [1.82, 2.24) is 4.98 Å². The molecule has 0 aliphatic heterocycles. The summed E-state index contributed by atoms with van der Waals surface area (Å²) in [5.74, 6) is -0.886. The van der Waals surface area contributed by atoms with Gasteiger partial charge in [-0.3, -0.25) is 9.59 Å². The molecule has 1 aromatic heterocycles. The number of benzene rings is 1. The van der Waals surface area contributed by atoms with Crippen LogP contribution >= 0.6 is 0 Å². The van der Waals surface area contributed by atoms with Crippen molar-refractivity contribution in [2.45, 2.75) is 25.7 Å². The zero-order valence-electron chi connectivity index (χ0n) is 12.3. The first-order valence-corrected chi connectivity index (χ1v) is 6.99.